The van der Waals surface area contributed by atoms with Crippen LogP contribution in [0, 0.1) is 0 Å². The van der Waals surface area contributed by atoms with Gasteiger partial charge in [0.2, 0.25) is 5.91 Å². The molecule has 0 spiro atoms. The molecule has 0 aliphatic rings. The summed E-state index contributed by atoms with van der Waals surface area (Å²) in [5, 5.41) is 7.11. The van der Waals surface area contributed by atoms with Crippen molar-refractivity contribution in [3.8, 4) is 0 Å². The van der Waals surface area contributed by atoms with Crippen molar-refractivity contribution < 1.29 is 4.79 Å². The fourth-order valence-corrected chi connectivity index (χ4v) is 2.42. The number of halogens is 2. The quantitative estimate of drug-likeness (QED) is 0.862. The van der Waals surface area contributed by atoms with Crippen molar-refractivity contribution in [2.75, 3.05) is 11.9 Å². The minimum absolute atomic E-state index is 0.0179. The molecule has 0 aromatic heterocycles. The van der Waals surface area contributed by atoms with Crippen LogP contribution in [0.1, 0.15) is 18.5 Å². The highest BCUT2D eigenvalue weighted by molar-refractivity contribution is 6.33. The van der Waals surface area contributed by atoms with E-state index < -0.39 is 0 Å². The second kappa shape index (κ2) is 7.46. The van der Waals surface area contributed by atoms with Gasteiger partial charge in [-0.2, -0.15) is 0 Å². The SMILES string of the molecule is C[C@@H](NCC(=O)Nc1ccccc1Cl)c1ccccc1Cl. The summed E-state index contributed by atoms with van der Waals surface area (Å²) in [5.74, 6) is -0.151. The molecule has 0 saturated heterocycles. The lowest BCUT2D eigenvalue weighted by Gasteiger charge is -2.15. The molecule has 2 aromatic rings. The number of carbonyl (C=O) groups excluding carboxylic acids is 1. The first-order valence-corrected chi connectivity index (χ1v) is 7.35. The van der Waals surface area contributed by atoms with Gasteiger partial charge in [0.25, 0.3) is 0 Å². The number of carbonyl (C=O) groups is 1. The van der Waals surface area contributed by atoms with E-state index in [9.17, 15) is 4.79 Å². The lowest BCUT2D eigenvalue weighted by atomic mass is 10.1. The Morgan fingerprint density at radius 1 is 1.05 bits per heavy atom. The van der Waals surface area contributed by atoms with Crippen molar-refractivity contribution in [2.24, 2.45) is 0 Å². The van der Waals surface area contributed by atoms with E-state index >= 15 is 0 Å². The molecule has 0 aliphatic carbocycles. The summed E-state index contributed by atoms with van der Waals surface area (Å²) in [4.78, 5) is 11.9. The van der Waals surface area contributed by atoms with Gasteiger partial charge in [0.1, 0.15) is 0 Å². The van der Waals surface area contributed by atoms with E-state index in [4.69, 9.17) is 23.2 Å². The maximum absolute atomic E-state index is 11.9. The molecule has 110 valence electrons. The fourth-order valence-electron chi connectivity index (χ4n) is 1.94. The highest BCUT2D eigenvalue weighted by Gasteiger charge is 2.11. The third-order valence-electron chi connectivity index (χ3n) is 3.09. The van der Waals surface area contributed by atoms with E-state index in [1.165, 1.54) is 0 Å². The molecule has 1 atom stereocenters. The summed E-state index contributed by atoms with van der Waals surface area (Å²) in [6.45, 7) is 2.14. The summed E-state index contributed by atoms with van der Waals surface area (Å²) in [5.41, 5.74) is 1.57. The van der Waals surface area contributed by atoms with Crippen LogP contribution in [0.25, 0.3) is 0 Å². The van der Waals surface area contributed by atoms with Crippen LogP contribution in [-0.2, 0) is 4.79 Å². The van der Waals surface area contributed by atoms with Crippen LogP contribution >= 0.6 is 23.2 Å². The number of hydrogen-bond donors (Lipinski definition) is 2. The first-order valence-electron chi connectivity index (χ1n) is 6.60. The number of benzene rings is 2. The molecule has 5 heteroatoms. The predicted octanol–water partition coefficient (Wildman–Crippen LogP) is 4.28. The zero-order valence-electron chi connectivity index (χ0n) is 11.6. The van der Waals surface area contributed by atoms with E-state index in [2.05, 4.69) is 10.6 Å². The van der Waals surface area contributed by atoms with Crippen LogP contribution in [0.3, 0.4) is 0 Å². The Balaban J connectivity index is 1.90. The van der Waals surface area contributed by atoms with Crippen molar-refractivity contribution in [1.29, 1.82) is 0 Å². The molecule has 0 heterocycles. The van der Waals surface area contributed by atoms with Crippen LogP contribution in [0.4, 0.5) is 5.69 Å². The number of anilines is 1. The Kier molecular flexibility index (Phi) is 5.62. The third-order valence-corrected chi connectivity index (χ3v) is 3.76. The smallest absolute Gasteiger partial charge is 0.238 e. The molecule has 2 N–H and O–H groups in total. The van der Waals surface area contributed by atoms with Gasteiger partial charge in [-0.3, -0.25) is 4.79 Å². The van der Waals surface area contributed by atoms with E-state index in [0.29, 0.717) is 15.7 Å². The van der Waals surface area contributed by atoms with Gasteiger partial charge in [-0.15, -0.1) is 0 Å². The molecule has 2 aromatic carbocycles. The van der Waals surface area contributed by atoms with Gasteiger partial charge in [0.15, 0.2) is 0 Å². The highest BCUT2D eigenvalue weighted by Crippen LogP contribution is 2.22. The number of para-hydroxylation sites is 1. The normalized spacial score (nSPS) is 12.0. The second-order valence-corrected chi connectivity index (χ2v) is 5.47. The summed E-state index contributed by atoms with van der Waals surface area (Å²) in [6, 6.07) is 14.7. The number of amides is 1. The topological polar surface area (TPSA) is 41.1 Å². The molecule has 1 amide bonds. The minimum Gasteiger partial charge on any atom is -0.324 e. The molecular formula is C16H16Cl2N2O. The van der Waals surface area contributed by atoms with Crippen molar-refractivity contribution in [2.45, 2.75) is 13.0 Å². The van der Waals surface area contributed by atoms with E-state index in [1.807, 2.05) is 43.3 Å². The summed E-state index contributed by atoms with van der Waals surface area (Å²) < 4.78 is 0. The third kappa shape index (κ3) is 4.46. The second-order valence-electron chi connectivity index (χ2n) is 4.65. The van der Waals surface area contributed by atoms with Gasteiger partial charge in [-0.1, -0.05) is 53.5 Å². The number of rotatable bonds is 5. The molecule has 21 heavy (non-hydrogen) atoms. The van der Waals surface area contributed by atoms with Gasteiger partial charge in [-0.05, 0) is 30.7 Å². The lowest BCUT2D eigenvalue weighted by molar-refractivity contribution is -0.115. The molecule has 0 bridgehead atoms. The van der Waals surface area contributed by atoms with Crippen molar-refractivity contribution in [3.05, 3.63) is 64.1 Å². The highest BCUT2D eigenvalue weighted by atomic mass is 35.5. The van der Waals surface area contributed by atoms with E-state index in [-0.39, 0.29) is 18.5 Å². The van der Waals surface area contributed by atoms with Crippen molar-refractivity contribution in [3.63, 3.8) is 0 Å². The van der Waals surface area contributed by atoms with E-state index in [1.54, 1.807) is 12.1 Å². The monoisotopic (exact) mass is 322 g/mol. The van der Waals surface area contributed by atoms with Crippen LogP contribution in [0.2, 0.25) is 10.0 Å². The first-order chi connectivity index (χ1) is 10.1. The maximum Gasteiger partial charge on any atom is 0.238 e. The van der Waals surface area contributed by atoms with Gasteiger partial charge in [0, 0.05) is 11.1 Å². The first kappa shape index (κ1) is 15.8. The predicted molar refractivity (Wildman–Crippen MR) is 88.0 cm³/mol. The molecule has 0 aliphatic heterocycles. The average Bonchev–Trinajstić information content (AvgIpc) is 2.48. The zero-order chi connectivity index (χ0) is 15.2. The van der Waals surface area contributed by atoms with Gasteiger partial charge >= 0.3 is 0 Å². The maximum atomic E-state index is 11.9. The minimum atomic E-state index is -0.151. The summed E-state index contributed by atoms with van der Waals surface area (Å²) in [7, 11) is 0. The standard InChI is InChI=1S/C16H16Cl2N2O/c1-11(12-6-2-3-7-13(12)17)19-10-16(21)20-15-9-5-4-8-14(15)18/h2-9,11,19H,10H2,1H3,(H,20,21)/t11-/m1/s1. The van der Waals surface area contributed by atoms with Gasteiger partial charge in [0.05, 0.1) is 17.3 Å². The van der Waals surface area contributed by atoms with E-state index in [0.717, 1.165) is 5.56 Å². The largest absolute Gasteiger partial charge is 0.324 e. The number of hydrogen-bond acceptors (Lipinski definition) is 2. The summed E-state index contributed by atoms with van der Waals surface area (Å²) >= 11 is 12.1. The van der Waals surface area contributed by atoms with Crippen LogP contribution < -0.4 is 10.6 Å². The Morgan fingerprint density at radius 2 is 1.67 bits per heavy atom. The Morgan fingerprint density at radius 3 is 2.33 bits per heavy atom. The molecule has 0 fully saturated rings. The lowest BCUT2D eigenvalue weighted by Crippen LogP contribution is -2.30. The zero-order valence-corrected chi connectivity index (χ0v) is 13.1. The van der Waals surface area contributed by atoms with Gasteiger partial charge < -0.3 is 10.6 Å². The average molecular weight is 323 g/mol. The molecule has 0 saturated carbocycles. The van der Waals surface area contributed by atoms with Crippen LogP contribution in [-0.4, -0.2) is 12.5 Å². The van der Waals surface area contributed by atoms with Crippen molar-refractivity contribution >= 4 is 34.8 Å². The summed E-state index contributed by atoms with van der Waals surface area (Å²) in [6.07, 6.45) is 0. The van der Waals surface area contributed by atoms with Crippen LogP contribution in [0.15, 0.2) is 48.5 Å². The molecule has 0 radical (unpaired) electrons. The van der Waals surface area contributed by atoms with Crippen molar-refractivity contribution in [1.82, 2.24) is 5.32 Å². The Hall–Kier alpha value is -1.55. The number of nitrogens with one attached hydrogen (secondary N) is 2. The molecule has 0 unspecified atom stereocenters. The van der Waals surface area contributed by atoms with Crippen LogP contribution in [0.5, 0.6) is 0 Å². The Bertz CT molecular complexity index is 631. The van der Waals surface area contributed by atoms with Gasteiger partial charge in [-0.25, -0.2) is 0 Å². The molecule has 2 rings (SSSR count). The Labute approximate surface area is 134 Å². The fraction of sp³-hybridized carbons (Fsp3) is 0.188. The molecular weight excluding hydrogens is 307 g/mol. The molecule has 3 nitrogen and oxygen atoms in total.